The van der Waals surface area contributed by atoms with E-state index in [1.807, 2.05) is 16.9 Å². The second-order valence-electron chi connectivity index (χ2n) is 9.13. The Balaban J connectivity index is 1.75. The first-order valence-electron chi connectivity index (χ1n) is 11.2. The van der Waals surface area contributed by atoms with Crippen LogP contribution in [0.1, 0.15) is 43.1 Å². The van der Waals surface area contributed by atoms with Gasteiger partial charge in [-0.3, -0.25) is 0 Å². The van der Waals surface area contributed by atoms with Crippen LogP contribution in [0.15, 0.2) is 83.9 Å². The minimum absolute atomic E-state index is 0.0150. The second-order valence-corrected chi connectivity index (χ2v) is 9.85. The Kier molecular flexibility index (Phi) is 6.83. The van der Waals surface area contributed by atoms with Gasteiger partial charge in [0.15, 0.2) is 7.98 Å². The molecule has 3 aromatic rings. The quantitative estimate of drug-likeness (QED) is 0.278. The highest BCUT2D eigenvalue weighted by Gasteiger charge is 2.40. The molecule has 3 aromatic carbocycles. The molecular weight excluding hydrogens is 408 g/mol. The van der Waals surface area contributed by atoms with E-state index in [-0.39, 0.29) is 17.1 Å². The number of aliphatic imine (C=N–C) groups is 1. The molecule has 3 nitrogen and oxygen atoms in total. The molecule has 162 valence electrons. The van der Waals surface area contributed by atoms with Gasteiger partial charge in [-0.25, -0.2) is 4.99 Å². The zero-order valence-corrected chi connectivity index (χ0v) is 20.3. The summed E-state index contributed by atoms with van der Waals surface area (Å²) >= 11 is 0. The van der Waals surface area contributed by atoms with Gasteiger partial charge in [-0.2, -0.15) is 0 Å². The van der Waals surface area contributed by atoms with Crippen LogP contribution < -0.4 is 5.32 Å². The van der Waals surface area contributed by atoms with E-state index in [0.29, 0.717) is 0 Å². The van der Waals surface area contributed by atoms with Crippen molar-refractivity contribution >= 4 is 34.3 Å². The molecule has 2 radical (unpaired) electrons. The van der Waals surface area contributed by atoms with E-state index >= 15 is 0 Å². The maximum absolute atomic E-state index is 6.18. The Morgan fingerprint density at radius 1 is 0.969 bits per heavy atom. The highest BCUT2D eigenvalue weighted by atomic mass is 31.0. The Morgan fingerprint density at radius 3 is 2.12 bits per heavy atom. The molecule has 1 aliphatic rings. The summed E-state index contributed by atoms with van der Waals surface area (Å²) in [5.41, 5.74) is 6.84. The molecule has 3 atom stereocenters. The molecule has 0 aromatic heterocycles. The number of fused-ring (bicyclic) bond motifs is 1. The average molecular weight is 439 g/mol. The van der Waals surface area contributed by atoms with Crippen LogP contribution in [-0.2, 0) is 0 Å². The zero-order valence-electron chi connectivity index (χ0n) is 19.1. The van der Waals surface area contributed by atoms with E-state index in [9.17, 15) is 0 Å². The number of hydrogen-bond acceptors (Lipinski definition) is 3. The maximum atomic E-state index is 6.18. The largest absolute Gasteiger partial charge is 0.379 e. The van der Waals surface area contributed by atoms with Crippen molar-refractivity contribution in [2.45, 2.75) is 32.5 Å². The number of hydrogen-bond donors (Lipinski definition) is 1. The van der Waals surface area contributed by atoms with Gasteiger partial charge in [-0.15, -0.1) is 9.24 Å². The molecule has 0 amide bonds. The van der Waals surface area contributed by atoms with Gasteiger partial charge in [-0.05, 0) is 30.1 Å². The smallest absolute Gasteiger partial charge is 0.182 e. The third-order valence-electron chi connectivity index (χ3n) is 6.28. The zero-order chi connectivity index (χ0) is 22.7. The van der Waals surface area contributed by atoms with Gasteiger partial charge in [0, 0.05) is 22.8 Å². The molecule has 0 fully saturated rings. The SMILES string of the molecule is [B]N(CC)CC(C)(C)[C@@H]1Nc2c(N=C(c3ccccc3)c3ccccc3)cccc2[C@@H]1P. The predicted molar refractivity (Wildman–Crippen MR) is 141 cm³/mol. The van der Waals surface area contributed by atoms with Gasteiger partial charge in [0.25, 0.3) is 0 Å². The van der Waals surface area contributed by atoms with Crippen LogP contribution in [0.4, 0.5) is 11.4 Å². The first-order valence-corrected chi connectivity index (χ1v) is 11.9. The Labute approximate surface area is 196 Å². The molecular formula is C27H31BN3P. The van der Waals surface area contributed by atoms with Crippen LogP contribution in [0.3, 0.4) is 0 Å². The van der Waals surface area contributed by atoms with Crippen molar-refractivity contribution in [1.29, 1.82) is 0 Å². The standard InChI is InChI=1S/C27H31BN3P/c1-4-31(28)18-27(2,3)26-25(32)21-16-11-17-22(24(21)30-26)29-23(19-12-7-5-8-13-19)20-14-9-6-10-15-20/h5-17,25-26,30H,4,18,32H2,1-3H3/t25-,26+/m0/s1. The van der Waals surface area contributed by atoms with Crippen molar-refractivity contribution in [3.63, 3.8) is 0 Å². The fourth-order valence-electron chi connectivity index (χ4n) is 4.53. The van der Waals surface area contributed by atoms with Crippen molar-refractivity contribution in [2.24, 2.45) is 10.4 Å². The number of anilines is 1. The van der Waals surface area contributed by atoms with Gasteiger partial charge >= 0.3 is 0 Å². The van der Waals surface area contributed by atoms with Crippen LogP contribution in [0.5, 0.6) is 0 Å². The molecule has 0 bridgehead atoms. The third kappa shape index (κ3) is 4.67. The van der Waals surface area contributed by atoms with Crippen LogP contribution >= 0.6 is 9.24 Å². The lowest BCUT2D eigenvalue weighted by molar-refractivity contribution is 0.236. The van der Waals surface area contributed by atoms with Gasteiger partial charge < -0.3 is 10.1 Å². The lowest BCUT2D eigenvalue weighted by Gasteiger charge is -2.38. The fraction of sp³-hybridized carbons (Fsp3) is 0.296. The van der Waals surface area contributed by atoms with E-state index in [2.05, 4.69) is 102 Å². The van der Waals surface area contributed by atoms with Crippen molar-refractivity contribution in [1.82, 2.24) is 4.81 Å². The highest BCUT2D eigenvalue weighted by Crippen LogP contribution is 2.50. The van der Waals surface area contributed by atoms with E-state index in [4.69, 9.17) is 13.0 Å². The monoisotopic (exact) mass is 439 g/mol. The maximum Gasteiger partial charge on any atom is 0.182 e. The molecule has 5 heteroatoms. The predicted octanol–water partition coefficient (Wildman–Crippen LogP) is 6.00. The molecule has 1 aliphatic heterocycles. The molecule has 1 unspecified atom stereocenters. The van der Waals surface area contributed by atoms with E-state index < -0.39 is 0 Å². The van der Waals surface area contributed by atoms with Crippen molar-refractivity contribution in [3.05, 3.63) is 95.6 Å². The lowest BCUT2D eigenvalue weighted by Crippen LogP contribution is -2.44. The van der Waals surface area contributed by atoms with Crippen molar-refractivity contribution < 1.29 is 0 Å². The minimum atomic E-state index is -0.0150. The summed E-state index contributed by atoms with van der Waals surface area (Å²) in [7, 11) is 9.22. The number of nitrogens with zero attached hydrogens (tertiary/aromatic N) is 2. The summed E-state index contributed by atoms with van der Waals surface area (Å²) < 4.78 is 0. The summed E-state index contributed by atoms with van der Waals surface area (Å²) in [6.45, 7) is 8.30. The molecule has 32 heavy (non-hydrogen) atoms. The van der Waals surface area contributed by atoms with Gasteiger partial charge in [0.1, 0.15) is 0 Å². The van der Waals surface area contributed by atoms with Gasteiger partial charge in [0.05, 0.1) is 17.1 Å². The first kappa shape index (κ1) is 22.8. The van der Waals surface area contributed by atoms with E-state index in [1.165, 1.54) is 5.56 Å². The second kappa shape index (κ2) is 9.61. The minimum Gasteiger partial charge on any atom is -0.379 e. The number of para-hydroxylation sites is 1. The summed E-state index contributed by atoms with van der Waals surface area (Å²) in [6.07, 6.45) is 0. The molecule has 0 spiro atoms. The third-order valence-corrected chi connectivity index (χ3v) is 7.02. The lowest BCUT2D eigenvalue weighted by atomic mass is 9.81. The molecule has 0 saturated carbocycles. The normalized spacial score (nSPS) is 17.7. The van der Waals surface area contributed by atoms with E-state index in [0.717, 1.165) is 41.3 Å². The Bertz CT molecular complexity index is 1040. The Hall–Kier alpha value is -2.42. The van der Waals surface area contributed by atoms with Crippen LogP contribution in [0.25, 0.3) is 0 Å². The fourth-order valence-corrected chi connectivity index (χ4v) is 5.43. The number of benzene rings is 3. The Morgan fingerprint density at radius 2 is 1.56 bits per heavy atom. The molecule has 4 rings (SSSR count). The van der Waals surface area contributed by atoms with E-state index in [1.54, 1.807) is 0 Å². The van der Waals surface area contributed by atoms with Crippen LogP contribution in [0, 0.1) is 5.41 Å². The topological polar surface area (TPSA) is 27.6 Å². The average Bonchev–Trinajstić information content (AvgIpc) is 3.16. The van der Waals surface area contributed by atoms with Crippen molar-refractivity contribution in [2.75, 3.05) is 18.4 Å². The van der Waals surface area contributed by atoms with Crippen LogP contribution in [-0.4, -0.2) is 37.6 Å². The van der Waals surface area contributed by atoms with Gasteiger partial charge in [0.2, 0.25) is 0 Å². The van der Waals surface area contributed by atoms with Gasteiger partial charge in [-0.1, -0.05) is 93.6 Å². The summed E-state index contributed by atoms with van der Waals surface area (Å²) in [4.78, 5) is 7.10. The highest BCUT2D eigenvalue weighted by molar-refractivity contribution is 7.17. The molecule has 1 heterocycles. The number of nitrogens with one attached hydrogen (secondary N) is 1. The van der Waals surface area contributed by atoms with Crippen LogP contribution in [0.2, 0.25) is 0 Å². The number of rotatable bonds is 7. The summed E-state index contributed by atoms with van der Waals surface area (Å²) in [6, 6.07) is 27.5. The summed E-state index contributed by atoms with van der Waals surface area (Å²) in [5, 5.41) is 3.82. The summed E-state index contributed by atoms with van der Waals surface area (Å²) in [5.74, 6) is 0. The molecule has 0 saturated heterocycles. The molecule has 0 aliphatic carbocycles. The van der Waals surface area contributed by atoms with Crippen molar-refractivity contribution in [3.8, 4) is 0 Å². The molecule has 1 N–H and O–H groups in total. The first-order chi connectivity index (χ1) is 15.4.